The SMILES string of the molecule is O=C1C2[C@@H](C(=O)N1c1cc(Cl)cc(Cl)c1)C2(c1ccncc1)c1ccc(OC(F)(F)F)cc1. The normalized spacial score (nSPS) is 24.1. The number of benzene rings is 2. The molecule has 1 aliphatic carbocycles. The van der Waals surface area contributed by atoms with Crippen LogP contribution in [0.25, 0.3) is 0 Å². The van der Waals surface area contributed by atoms with Crippen molar-refractivity contribution in [2.45, 2.75) is 11.8 Å². The van der Waals surface area contributed by atoms with Crippen LogP contribution >= 0.6 is 23.2 Å². The molecule has 1 aromatic heterocycles. The molecule has 3 aromatic rings. The molecule has 168 valence electrons. The molecule has 5 nitrogen and oxygen atoms in total. The lowest BCUT2D eigenvalue weighted by molar-refractivity contribution is -0.274. The molecule has 2 aliphatic rings. The Labute approximate surface area is 195 Å². The number of rotatable bonds is 4. The zero-order chi connectivity index (χ0) is 23.5. The van der Waals surface area contributed by atoms with Gasteiger partial charge in [0.1, 0.15) is 5.75 Å². The molecule has 1 saturated carbocycles. The summed E-state index contributed by atoms with van der Waals surface area (Å²) in [6.45, 7) is 0. The van der Waals surface area contributed by atoms with Crippen LogP contribution in [0.3, 0.4) is 0 Å². The molecule has 5 rings (SSSR count). The van der Waals surface area contributed by atoms with E-state index in [0.29, 0.717) is 11.1 Å². The number of piperidine rings is 1. The Balaban J connectivity index is 1.56. The highest BCUT2D eigenvalue weighted by atomic mass is 35.5. The number of carbonyl (C=O) groups is 2. The van der Waals surface area contributed by atoms with Gasteiger partial charge in [-0.3, -0.25) is 14.6 Å². The molecule has 0 radical (unpaired) electrons. The first-order chi connectivity index (χ1) is 15.6. The van der Waals surface area contributed by atoms with E-state index in [-0.39, 0.29) is 15.7 Å². The molecule has 2 amide bonds. The molecule has 2 unspecified atom stereocenters. The zero-order valence-corrected chi connectivity index (χ0v) is 18.0. The Hall–Kier alpha value is -3.10. The second-order valence-electron chi connectivity index (χ2n) is 7.77. The van der Waals surface area contributed by atoms with Crippen molar-refractivity contribution in [2.24, 2.45) is 11.8 Å². The van der Waals surface area contributed by atoms with Crippen LogP contribution < -0.4 is 9.64 Å². The smallest absolute Gasteiger partial charge is 0.406 e. The number of hydrogen-bond acceptors (Lipinski definition) is 4. The van der Waals surface area contributed by atoms with Crippen molar-refractivity contribution in [1.29, 1.82) is 0 Å². The minimum Gasteiger partial charge on any atom is -0.406 e. The number of alkyl halides is 3. The molecule has 0 spiro atoms. The molecular formula is C23H13Cl2F3N2O3. The molecule has 2 heterocycles. The van der Waals surface area contributed by atoms with Crippen molar-refractivity contribution in [3.05, 3.63) is 88.2 Å². The quantitative estimate of drug-likeness (QED) is 0.458. The van der Waals surface area contributed by atoms with E-state index in [0.717, 1.165) is 4.90 Å². The van der Waals surface area contributed by atoms with E-state index in [2.05, 4.69) is 9.72 Å². The highest BCUT2D eigenvalue weighted by molar-refractivity contribution is 6.36. The molecule has 0 N–H and O–H groups in total. The molecule has 1 aliphatic heterocycles. The molecule has 1 saturated heterocycles. The van der Waals surface area contributed by atoms with Gasteiger partial charge in [-0.05, 0) is 53.6 Å². The molecule has 2 fully saturated rings. The van der Waals surface area contributed by atoms with E-state index >= 15 is 0 Å². The maximum absolute atomic E-state index is 13.4. The summed E-state index contributed by atoms with van der Waals surface area (Å²) >= 11 is 12.1. The fourth-order valence-electron chi connectivity index (χ4n) is 4.82. The number of nitrogens with zero attached hydrogens (tertiary/aromatic N) is 2. The molecule has 33 heavy (non-hydrogen) atoms. The average molecular weight is 493 g/mol. The summed E-state index contributed by atoms with van der Waals surface area (Å²) in [5.74, 6) is -2.74. The summed E-state index contributed by atoms with van der Waals surface area (Å²) in [4.78, 5) is 31.9. The van der Waals surface area contributed by atoms with Gasteiger partial charge in [-0.25, -0.2) is 4.90 Å². The summed E-state index contributed by atoms with van der Waals surface area (Å²) in [6, 6.07) is 13.1. The van der Waals surface area contributed by atoms with Gasteiger partial charge in [0.25, 0.3) is 0 Å². The summed E-state index contributed by atoms with van der Waals surface area (Å²) < 4.78 is 41.6. The summed E-state index contributed by atoms with van der Waals surface area (Å²) in [5.41, 5.74) is 0.450. The highest BCUT2D eigenvalue weighted by Crippen LogP contribution is 2.68. The summed E-state index contributed by atoms with van der Waals surface area (Å²) in [5, 5.41) is 0.554. The van der Waals surface area contributed by atoms with Gasteiger partial charge >= 0.3 is 6.36 Å². The summed E-state index contributed by atoms with van der Waals surface area (Å²) in [7, 11) is 0. The standard InChI is InChI=1S/C23H13Cl2F3N2O3/c24-14-9-15(25)11-16(10-14)30-20(31)18-19(21(30)32)22(18,13-5-7-29-8-6-13)12-1-3-17(4-2-12)33-23(26,27)28/h1-11,18-19H/t18-,19?,22?/m0/s1. The topological polar surface area (TPSA) is 59.5 Å². The number of pyridine rings is 1. The zero-order valence-electron chi connectivity index (χ0n) is 16.5. The molecule has 3 atom stereocenters. The predicted octanol–water partition coefficient (Wildman–Crippen LogP) is 5.39. The minimum atomic E-state index is -4.83. The van der Waals surface area contributed by atoms with Gasteiger partial charge in [0.2, 0.25) is 11.8 Å². The van der Waals surface area contributed by atoms with Crippen LogP contribution in [-0.2, 0) is 15.0 Å². The van der Waals surface area contributed by atoms with Gasteiger partial charge in [-0.15, -0.1) is 13.2 Å². The Kier molecular flexibility index (Phi) is 4.91. The van der Waals surface area contributed by atoms with E-state index < -0.39 is 41.2 Å². The van der Waals surface area contributed by atoms with Gasteiger partial charge in [0.15, 0.2) is 0 Å². The largest absolute Gasteiger partial charge is 0.573 e. The van der Waals surface area contributed by atoms with E-state index in [9.17, 15) is 22.8 Å². The van der Waals surface area contributed by atoms with Crippen molar-refractivity contribution < 1.29 is 27.5 Å². The van der Waals surface area contributed by atoms with Crippen LogP contribution in [0.1, 0.15) is 11.1 Å². The minimum absolute atomic E-state index is 0.271. The van der Waals surface area contributed by atoms with Crippen molar-refractivity contribution in [3.63, 3.8) is 0 Å². The third kappa shape index (κ3) is 3.45. The van der Waals surface area contributed by atoms with Crippen molar-refractivity contribution in [1.82, 2.24) is 4.98 Å². The number of ether oxygens (including phenoxy) is 1. The van der Waals surface area contributed by atoms with Crippen LogP contribution in [0.2, 0.25) is 10.0 Å². The van der Waals surface area contributed by atoms with Crippen LogP contribution in [0.5, 0.6) is 5.75 Å². The number of halogens is 5. The average Bonchev–Trinajstić information content (AvgIpc) is 3.37. The van der Waals surface area contributed by atoms with Gasteiger partial charge in [-0.1, -0.05) is 35.3 Å². The van der Waals surface area contributed by atoms with Crippen molar-refractivity contribution in [3.8, 4) is 5.75 Å². The lowest BCUT2D eigenvalue weighted by Gasteiger charge is -2.27. The van der Waals surface area contributed by atoms with Crippen molar-refractivity contribution >= 4 is 40.7 Å². The van der Waals surface area contributed by atoms with E-state index in [4.69, 9.17) is 23.2 Å². The molecule has 10 heteroatoms. The van der Waals surface area contributed by atoms with Gasteiger partial charge in [-0.2, -0.15) is 0 Å². The third-order valence-corrected chi connectivity index (χ3v) is 6.44. The Morgan fingerprint density at radius 2 is 1.36 bits per heavy atom. The maximum Gasteiger partial charge on any atom is 0.573 e. The van der Waals surface area contributed by atoms with Crippen LogP contribution in [0, 0.1) is 11.8 Å². The van der Waals surface area contributed by atoms with Crippen LogP contribution in [-0.4, -0.2) is 23.2 Å². The fourth-order valence-corrected chi connectivity index (χ4v) is 5.33. The lowest BCUT2D eigenvalue weighted by atomic mass is 9.83. The number of hydrogen-bond donors (Lipinski definition) is 0. The number of imide groups is 1. The predicted molar refractivity (Wildman–Crippen MR) is 114 cm³/mol. The van der Waals surface area contributed by atoms with Crippen molar-refractivity contribution in [2.75, 3.05) is 4.90 Å². The summed E-state index contributed by atoms with van der Waals surface area (Å²) in [6.07, 6.45) is -1.75. The fraction of sp³-hybridized carbons (Fsp3) is 0.174. The first-order valence-electron chi connectivity index (χ1n) is 9.73. The number of amides is 2. The Bertz CT molecular complexity index is 1220. The van der Waals surface area contributed by atoms with Gasteiger partial charge in [0, 0.05) is 27.9 Å². The number of anilines is 1. The van der Waals surface area contributed by atoms with Gasteiger partial charge < -0.3 is 4.74 Å². The van der Waals surface area contributed by atoms with Gasteiger partial charge in [0.05, 0.1) is 17.5 Å². The molecular weight excluding hydrogens is 480 g/mol. The first-order valence-corrected chi connectivity index (χ1v) is 10.5. The molecule has 0 bridgehead atoms. The highest BCUT2D eigenvalue weighted by Gasteiger charge is 2.78. The second-order valence-corrected chi connectivity index (χ2v) is 8.64. The number of fused-ring (bicyclic) bond motifs is 1. The first kappa shape index (κ1) is 21.7. The monoisotopic (exact) mass is 492 g/mol. The third-order valence-electron chi connectivity index (χ3n) is 6.01. The van der Waals surface area contributed by atoms with E-state index in [1.807, 2.05) is 0 Å². The van der Waals surface area contributed by atoms with E-state index in [1.54, 1.807) is 12.1 Å². The molecule has 2 aromatic carbocycles. The van der Waals surface area contributed by atoms with Crippen LogP contribution in [0.15, 0.2) is 67.0 Å². The Morgan fingerprint density at radius 3 is 1.88 bits per heavy atom. The van der Waals surface area contributed by atoms with E-state index in [1.165, 1.54) is 54.9 Å². The maximum atomic E-state index is 13.4. The Morgan fingerprint density at radius 1 is 0.848 bits per heavy atom. The number of carbonyl (C=O) groups excluding carboxylic acids is 2. The second kappa shape index (κ2) is 7.46. The number of aromatic nitrogens is 1. The lowest BCUT2D eigenvalue weighted by Crippen LogP contribution is -2.39. The van der Waals surface area contributed by atoms with Crippen LogP contribution in [0.4, 0.5) is 18.9 Å².